The van der Waals surface area contributed by atoms with Crippen molar-refractivity contribution < 1.29 is 4.84 Å². The van der Waals surface area contributed by atoms with Crippen molar-refractivity contribution in [2.45, 2.75) is 12.5 Å². The Kier molecular flexibility index (Phi) is 2.89. The fourth-order valence-electron chi connectivity index (χ4n) is 2.08. The molecule has 0 radical (unpaired) electrons. The molecule has 1 aliphatic rings. The van der Waals surface area contributed by atoms with Crippen LogP contribution in [-0.4, -0.2) is 23.3 Å². The zero-order valence-electron chi connectivity index (χ0n) is 9.64. The van der Waals surface area contributed by atoms with Crippen molar-refractivity contribution in [3.05, 3.63) is 41.0 Å². The van der Waals surface area contributed by atoms with E-state index in [-0.39, 0.29) is 6.10 Å². The van der Waals surface area contributed by atoms with Crippen LogP contribution in [0.1, 0.15) is 12.0 Å². The van der Waals surface area contributed by atoms with Gasteiger partial charge in [0.15, 0.2) is 0 Å². The first-order chi connectivity index (χ1) is 8.79. The van der Waals surface area contributed by atoms with Crippen LogP contribution in [0.2, 0.25) is 5.02 Å². The summed E-state index contributed by atoms with van der Waals surface area (Å²) in [6.07, 6.45) is 2.43. The molecular weight excluding hydrogens is 250 g/mol. The zero-order chi connectivity index (χ0) is 12.5. The van der Waals surface area contributed by atoms with E-state index >= 15 is 0 Å². The predicted octanol–water partition coefficient (Wildman–Crippen LogP) is 2.34. The van der Waals surface area contributed by atoms with Gasteiger partial charge in [-0.15, -0.1) is 0 Å². The van der Waals surface area contributed by atoms with E-state index in [4.69, 9.17) is 22.2 Å². The second-order valence-electron chi connectivity index (χ2n) is 4.20. The van der Waals surface area contributed by atoms with Gasteiger partial charge in [-0.3, -0.25) is 4.98 Å². The molecule has 2 N–H and O–H groups in total. The molecule has 2 aromatic rings. The van der Waals surface area contributed by atoms with E-state index in [1.54, 1.807) is 6.20 Å². The number of aromatic nitrogens is 1. The van der Waals surface area contributed by atoms with Crippen LogP contribution in [0, 0.1) is 0 Å². The summed E-state index contributed by atoms with van der Waals surface area (Å²) in [5.74, 6) is 0. The van der Waals surface area contributed by atoms with Gasteiger partial charge in [0.2, 0.25) is 0 Å². The number of rotatable bonds is 2. The second-order valence-corrected chi connectivity index (χ2v) is 4.61. The molecule has 2 heterocycles. The fourth-order valence-corrected chi connectivity index (χ4v) is 2.30. The fraction of sp³-hybridized carbons (Fsp3) is 0.231. The molecule has 18 heavy (non-hydrogen) atoms. The smallest absolute Gasteiger partial charge is 0.145 e. The lowest BCUT2D eigenvalue weighted by Crippen LogP contribution is -2.20. The second kappa shape index (κ2) is 4.55. The molecule has 0 fully saturated rings. The topological polar surface area (TPSA) is 60.5 Å². The number of fused-ring (bicyclic) bond motifs is 1. The number of nitrogens with zero attached hydrogens (tertiary/aromatic N) is 2. The van der Waals surface area contributed by atoms with Crippen molar-refractivity contribution in [1.82, 2.24) is 4.98 Å². The summed E-state index contributed by atoms with van der Waals surface area (Å²) >= 11 is 6.16. The third-order valence-corrected chi connectivity index (χ3v) is 3.35. The summed E-state index contributed by atoms with van der Waals surface area (Å²) in [5, 5.41) is 5.71. The average Bonchev–Trinajstić information content (AvgIpc) is 2.88. The lowest BCUT2D eigenvalue weighted by Gasteiger charge is -2.06. The highest BCUT2D eigenvalue weighted by atomic mass is 35.5. The molecule has 0 amide bonds. The number of nitrogens with two attached hydrogens (primary N) is 1. The Morgan fingerprint density at radius 1 is 1.39 bits per heavy atom. The standard InChI is InChI=1S/C13H12ClN3O/c14-11-4-3-10(12-6-8(7-15)18-17-12)13-9(11)2-1-5-16-13/h1-5,8H,6-7,15H2. The van der Waals surface area contributed by atoms with Crippen LogP contribution in [-0.2, 0) is 4.84 Å². The summed E-state index contributed by atoms with van der Waals surface area (Å²) < 4.78 is 0. The van der Waals surface area contributed by atoms with Crippen LogP contribution in [0.15, 0.2) is 35.6 Å². The van der Waals surface area contributed by atoms with Crippen molar-refractivity contribution >= 4 is 28.2 Å². The molecule has 3 rings (SSSR count). The van der Waals surface area contributed by atoms with E-state index in [1.165, 1.54) is 0 Å². The maximum atomic E-state index is 6.16. The third kappa shape index (κ3) is 1.83. The van der Waals surface area contributed by atoms with Crippen molar-refractivity contribution in [1.29, 1.82) is 0 Å². The first-order valence-corrected chi connectivity index (χ1v) is 6.13. The largest absolute Gasteiger partial charge is 0.390 e. The maximum absolute atomic E-state index is 6.16. The highest BCUT2D eigenvalue weighted by Crippen LogP contribution is 2.27. The minimum atomic E-state index is -0.0329. The first-order valence-electron chi connectivity index (χ1n) is 5.76. The highest BCUT2D eigenvalue weighted by molar-refractivity contribution is 6.36. The lowest BCUT2D eigenvalue weighted by molar-refractivity contribution is 0.0918. The van der Waals surface area contributed by atoms with Gasteiger partial charge < -0.3 is 10.6 Å². The lowest BCUT2D eigenvalue weighted by atomic mass is 10.0. The Hall–Kier alpha value is -1.65. The molecule has 0 spiro atoms. The van der Waals surface area contributed by atoms with E-state index in [1.807, 2.05) is 24.3 Å². The van der Waals surface area contributed by atoms with Crippen molar-refractivity contribution in [3.8, 4) is 0 Å². The highest BCUT2D eigenvalue weighted by Gasteiger charge is 2.22. The number of pyridine rings is 1. The number of hydrogen-bond acceptors (Lipinski definition) is 4. The van der Waals surface area contributed by atoms with Crippen LogP contribution in [0.25, 0.3) is 10.9 Å². The summed E-state index contributed by atoms with van der Waals surface area (Å²) in [5.41, 5.74) is 8.27. The van der Waals surface area contributed by atoms with Gasteiger partial charge in [0, 0.05) is 30.1 Å². The summed E-state index contributed by atoms with van der Waals surface area (Å²) in [7, 11) is 0. The van der Waals surface area contributed by atoms with Gasteiger partial charge in [-0.05, 0) is 24.3 Å². The van der Waals surface area contributed by atoms with Crippen LogP contribution in [0.5, 0.6) is 0 Å². The van der Waals surface area contributed by atoms with Gasteiger partial charge in [-0.25, -0.2) is 0 Å². The molecule has 0 aliphatic carbocycles. The van der Waals surface area contributed by atoms with E-state index in [0.29, 0.717) is 18.0 Å². The van der Waals surface area contributed by atoms with Crippen LogP contribution < -0.4 is 5.73 Å². The van der Waals surface area contributed by atoms with E-state index in [0.717, 1.165) is 22.2 Å². The minimum absolute atomic E-state index is 0.0329. The zero-order valence-corrected chi connectivity index (χ0v) is 10.4. The average molecular weight is 262 g/mol. The number of hydrogen-bond donors (Lipinski definition) is 1. The number of halogens is 1. The molecule has 0 saturated carbocycles. The monoisotopic (exact) mass is 261 g/mol. The molecule has 0 bridgehead atoms. The van der Waals surface area contributed by atoms with E-state index < -0.39 is 0 Å². The van der Waals surface area contributed by atoms with Crippen molar-refractivity contribution in [2.75, 3.05) is 6.54 Å². The normalized spacial score (nSPS) is 18.8. The van der Waals surface area contributed by atoms with Gasteiger partial charge in [0.1, 0.15) is 6.10 Å². The van der Waals surface area contributed by atoms with Gasteiger partial charge >= 0.3 is 0 Å². The third-order valence-electron chi connectivity index (χ3n) is 3.02. The molecule has 1 aliphatic heterocycles. The molecule has 1 atom stereocenters. The van der Waals surface area contributed by atoms with Crippen molar-refractivity contribution in [3.63, 3.8) is 0 Å². The minimum Gasteiger partial charge on any atom is -0.390 e. The predicted molar refractivity (Wildman–Crippen MR) is 71.8 cm³/mol. The molecule has 0 saturated heterocycles. The summed E-state index contributed by atoms with van der Waals surface area (Å²) in [6, 6.07) is 7.61. The Balaban J connectivity index is 2.11. The molecule has 1 unspecified atom stereocenters. The summed E-state index contributed by atoms with van der Waals surface area (Å²) in [6.45, 7) is 0.464. The summed E-state index contributed by atoms with van der Waals surface area (Å²) in [4.78, 5) is 9.64. The molecule has 92 valence electrons. The quantitative estimate of drug-likeness (QED) is 0.903. The van der Waals surface area contributed by atoms with Crippen LogP contribution in [0.4, 0.5) is 0 Å². The van der Waals surface area contributed by atoms with E-state index in [2.05, 4.69) is 10.1 Å². The van der Waals surface area contributed by atoms with Gasteiger partial charge in [-0.2, -0.15) is 0 Å². The maximum Gasteiger partial charge on any atom is 0.145 e. The molecule has 1 aromatic heterocycles. The van der Waals surface area contributed by atoms with Crippen molar-refractivity contribution in [2.24, 2.45) is 10.9 Å². The number of benzene rings is 1. The Labute approximate surface area is 109 Å². The molecule has 4 nitrogen and oxygen atoms in total. The molecule has 5 heteroatoms. The first kappa shape index (κ1) is 11.4. The Morgan fingerprint density at radius 2 is 2.28 bits per heavy atom. The van der Waals surface area contributed by atoms with Crippen LogP contribution >= 0.6 is 11.6 Å². The molecular formula is C13H12ClN3O. The Morgan fingerprint density at radius 3 is 3.06 bits per heavy atom. The Bertz CT molecular complexity index is 627. The van der Waals surface area contributed by atoms with Gasteiger partial charge in [0.05, 0.1) is 16.3 Å². The van der Waals surface area contributed by atoms with Gasteiger partial charge in [0.25, 0.3) is 0 Å². The number of oxime groups is 1. The molecule has 1 aromatic carbocycles. The van der Waals surface area contributed by atoms with E-state index in [9.17, 15) is 0 Å². The van der Waals surface area contributed by atoms with Crippen LogP contribution in [0.3, 0.4) is 0 Å². The SMILES string of the molecule is NCC1CC(c2ccc(Cl)c3cccnc23)=NO1. The van der Waals surface area contributed by atoms with Gasteiger partial charge in [-0.1, -0.05) is 16.8 Å².